The molecule has 0 aliphatic heterocycles. The van der Waals surface area contributed by atoms with Gasteiger partial charge in [-0.1, -0.05) is 6.07 Å². The summed E-state index contributed by atoms with van der Waals surface area (Å²) >= 11 is 0. The molecule has 2 unspecified atom stereocenters. The number of phenolic OH excluding ortho intramolecular Hbond substituents is 1. The fourth-order valence-electron chi connectivity index (χ4n) is 1.39. The standard InChI is InChI=1S/C11H14O6/c1-17-9-4-6(2-3-7(9)12)11(16)8(13)5-10(14)15/h2-4,8,11-13,16H,5H2,1H3,(H,14,15). The molecular weight excluding hydrogens is 228 g/mol. The van der Waals surface area contributed by atoms with Gasteiger partial charge in [0.1, 0.15) is 6.10 Å². The molecule has 4 N–H and O–H groups in total. The van der Waals surface area contributed by atoms with Crippen LogP contribution in [0.3, 0.4) is 0 Å². The molecule has 2 atom stereocenters. The van der Waals surface area contributed by atoms with Crippen molar-refractivity contribution in [1.29, 1.82) is 0 Å². The maximum atomic E-state index is 10.4. The number of hydrogen-bond donors (Lipinski definition) is 4. The lowest BCUT2D eigenvalue weighted by atomic mass is 10.0. The van der Waals surface area contributed by atoms with E-state index < -0.39 is 24.6 Å². The molecule has 0 aromatic heterocycles. The third-order valence-corrected chi connectivity index (χ3v) is 2.29. The fraction of sp³-hybridized carbons (Fsp3) is 0.364. The molecule has 1 rings (SSSR count). The SMILES string of the molecule is COc1cc(C(O)C(O)CC(=O)O)ccc1O. The Morgan fingerprint density at radius 3 is 2.59 bits per heavy atom. The van der Waals surface area contributed by atoms with Crippen LogP contribution in [-0.2, 0) is 4.79 Å². The van der Waals surface area contributed by atoms with Gasteiger partial charge in [0.2, 0.25) is 0 Å². The first-order chi connectivity index (χ1) is 7.95. The van der Waals surface area contributed by atoms with Crippen molar-refractivity contribution >= 4 is 5.97 Å². The second kappa shape index (κ2) is 5.51. The highest BCUT2D eigenvalue weighted by molar-refractivity contribution is 5.67. The first kappa shape index (κ1) is 13.3. The molecule has 0 bridgehead atoms. The minimum Gasteiger partial charge on any atom is -0.504 e. The predicted molar refractivity (Wildman–Crippen MR) is 57.9 cm³/mol. The van der Waals surface area contributed by atoms with Gasteiger partial charge in [0, 0.05) is 0 Å². The van der Waals surface area contributed by atoms with Gasteiger partial charge in [-0.15, -0.1) is 0 Å². The molecule has 1 aromatic rings. The van der Waals surface area contributed by atoms with Gasteiger partial charge < -0.3 is 25.2 Å². The summed E-state index contributed by atoms with van der Waals surface area (Å²) in [6.07, 6.45) is -3.33. The van der Waals surface area contributed by atoms with Gasteiger partial charge in [-0.3, -0.25) is 4.79 Å². The highest BCUT2D eigenvalue weighted by atomic mass is 16.5. The summed E-state index contributed by atoms with van der Waals surface area (Å²) in [6.45, 7) is 0. The van der Waals surface area contributed by atoms with Crippen molar-refractivity contribution in [2.45, 2.75) is 18.6 Å². The molecule has 0 fully saturated rings. The van der Waals surface area contributed by atoms with Gasteiger partial charge in [-0.25, -0.2) is 0 Å². The van der Waals surface area contributed by atoms with Crippen molar-refractivity contribution in [3.63, 3.8) is 0 Å². The van der Waals surface area contributed by atoms with Crippen molar-refractivity contribution in [1.82, 2.24) is 0 Å². The molecule has 94 valence electrons. The van der Waals surface area contributed by atoms with E-state index in [9.17, 15) is 20.1 Å². The van der Waals surface area contributed by atoms with E-state index in [1.165, 1.54) is 25.3 Å². The lowest BCUT2D eigenvalue weighted by Crippen LogP contribution is -2.21. The summed E-state index contributed by atoms with van der Waals surface area (Å²) in [4.78, 5) is 10.4. The second-order valence-electron chi connectivity index (χ2n) is 3.54. The van der Waals surface area contributed by atoms with Crippen LogP contribution in [-0.4, -0.2) is 39.6 Å². The van der Waals surface area contributed by atoms with Gasteiger partial charge >= 0.3 is 5.97 Å². The average molecular weight is 242 g/mol. The normalized spacial score (nSPS) is 14.1. The number of phenols is 1. The lowest BCUT2D eigenvalue weighted by molar-refractivity contribution is -0.141. The van der Waals surface area contributed by atoms with E-state index in [0.717, 1.165) is 0 Å². The fourth-order valence-corrected chi connectivity index (χ4v) is 1.39. The van der Waals surface area contributed by atoms with Crippen LogP contribution in [0.2, 0.25) is 0 Å². The van der Waals surface area contributed by atoms with Crippen LogP contribution in [0.1, 0.15) is 18.1 Å². The number of carboxylic acids is 1. The molecule has 0 saturated heterocycles. The van der Waals surface area contributed by atoms with Crippen LogP contribution < -0.4 is 4.74 Å². The van der Waals surface area contributed by atoms with E-state index in [4.69, 9.17) is 9.84 Å². The first-order valence-electron chi connectivity index (χ1n) is 4.90. The number of benzene rings is 1. The zero-order valence-corrected chi connectivity index (χ0v) is 9.20. The minimum absolute atomic E-state index is 0.101. The predicted octanol–water partition coefficient (Wildman–Crippen LogP) is 0.270. The van der Waals surface area contributed by atoms with Crippen molar-refractivity contribution in [3.8, 4) is 11.5 Å². The number of aliphatic carboxylic acids is 1. The monoisotopic (exact) mass is 242 g/mol. The van der Waals surface area contributed by atoms with E-state index in [2.05, 4.69) is 0 Å². The Bertz CT molecular complexity index is 403. The third-order valence-electron chi connectivity index (χ3n) is 2.29. The van der Waals surface area contributed by atoms with Gasteiger partial charge in [0.15, 0.2) is 11.5 Å². The van der Waals surface area contributed by atoms with Crippen molar-refractivity contribution < 1.29 is 30.0 Å². The smallest absolute Gasteiger partial charge is 0.306 e. The van der Waals surface area contributed by atoms with Crippen molar-refractivity contribution in [2.75, 3.05) is 7.11 Å². The van der Waals surface area contributed by atoms with Crippen LogP contribution >= 0.6 is 0 Å². The topological polar surface area (TPSA) is 107 Å². The molecule has 17 heavy (non-hydrogen) atoms. The summed E-state index contributed by atoms with van der Waals surface area (Å²) < 4.78 is 4.84. The van der Waals surface area contributed by atoms with E-state index in [0.29, 0.717) is 0 Å². The molecule has 6 heteroatoms. The van der Waals surface area contributed by atoms with Gasteiger partial charge in [-0.2, -0.15) is 0 Å². The number of aromatic hydroxyl groups is 1. The Hall–Kier alpha value is -1.79. The molecule has 0 aliphatic carbocycles. The van der Waals surface area contributed by atoms with E-state index >= 15 is 0 Å². The summed E-state index contributed by atoms with van der Waals surface area (Å²) in [6, 6.07) is 4.02. The summed E-state index contributed by atoms with van der Waals surface area (Å²) in [7, 11) is 1.35. The van der Waals surface area contributed by atoms with Gasteiger partial charge in [0.05, 0.1) is 19.6 Å². The molecular formula is C11H14O6. The summed E-state index contributed by atoms with van der Waals surface area (Å²) in [5.41, 5.74) is 0.272. The zero-order valence-electron chi connectivity index (χ0n) is 9.20. The van der Waals surface area contributed by atoms with E-state index in [1.807, 2.05) is 0 Å². The number of methoxy groups -OCH3 is 1. The Labute approximate surface area is 97.7 Å². The molecule has 1 aromatic carbocycles. The van der Waals surface area contributed by atoms with Crippen LogP contribution in [0.4, 0.5) is 0 Å². The summed E-state index contributed by atoms with van der Waals surface area (Å²) in [5, 5.41) is 37.0. The number of aliphatic hydroxyl groups excluding tert-OH is 2. The van der Waals surface area contributed by atoms with Crippen LogP contribution in [0.25, 0.3) is 0 Å². The maximum absolute atomic E-state index is 10.4. The van der Waals surface area contributed by atoms with Crippen molar-refractivity contribution in [2.24, 2.45) is 0 Å². The molecule has 0 spiro atoms. The van der Waals surface area contributed by atoms with E-state index in [-0.39, 0.29) is 17.1 Å². The molecule has 0 heterocycles. The Morgan fingerprint density at radius 2 is 2.06 bits per heavy atom. The Morgan fingerprint density at radius 1 is 1.41 bits per heavy atom. The van der Waals surface area contributed by atoms with Crippen LogP contribution in [0.5, 0.6) is 11.5 Å². The van der Waals surface area contributed by atoms with Crippen LogP contribution in [0, 0.1) is 0 Å². The van der Waals surface area contributed by atoms with Crippen molar-refractivity contribution in [3.05, 3.63) is 23.8 Å². The quantitative estimate of drug-likeness (QED) is 0.590. The van der Waals surface area contributed by atoms with Crippen LogP contribution in [0.15, 0.2) is 18.2 Å². The molecule has 6 nitrogen and oxygen atoms in total. The number of aliphatic hydroxyl groups is 2. The second-order valence-corrected chi connectivity index (χ2v) is 3.54. The third kappa shape index (κ3) is 3.33. The molecule has 0 saturated carbocycles. The molecule has 0 radical (unpaired) electrons. The number of hydrogen-bond acceptors (Lipinski definition) is 5. The molecule has 0 aliphatic rings. The average Bonchev–Trinajstić information content (AvgIpc) is 2.27. The van der Waals surface area contributed by atoms with Gasteiger partial charge in [-0.05, 0) is 17.7 Å². The first-order valence-corrected chi connectivity index (χ1v) is 4.90. The zero-order chi connectivity index (χ0) is 13.0. The van der Waals surface area contributed by atoms with E-state index in [1.54, 1.807) is 0 Å². The van der Waals surface area contributed by atoms with Gasteiger partial charge in [0.25, 0.3) is 0 Å². The number of rotatable bonds is 5. The highest BCUT2D eigenvalue weighted by Crippen LogP contribution is 2.30. The number of carbonyl (C=O) groups is 1. The maximum Gasteiger partial charge on any atom is 0.306 e. The Kier molecular flexibility index (Phi) is 4.30. The minimum atomic E-state index is -1.42. The summed E-state index contributed by atoms with van der Waals surface area (Å²) in [5.74, 6) is -1.16. The largest absolute Gasteiger partial charge is 0.504 e. The number of ether oxygens (including phenoxy) is 1. The molecule has 0 amide bonds. The Balaban J connectivity index is 2.88. The number of carboxylic acid groups (broad SMARTS) is 1. The lowest BCUT2D eigenvalue weighted by Gasteiger charge is -2.17. The highest BCUT2D eigenvalue weighted by Gasteiger charge is 2.22.